The summed E-state index contributed by atoms with van der Waals surface area (Å²) >= 11 is 0. The van der Waals surface area contributed by atoms with Crippen LogP contribution in [0, 0.1) is 6.92 Å². The summed E-state index contributed by atoms with van der Waals surface area (Å²) in [4.78, 5) is 31.2. The number of rotatable bonds is 6. The number of methoxy groups -OCH3 is 1. The van der Waals surface area contributed by atoms with Crippen LogP contribution >= 0.6 is 0 Å². The molecular weight excluding hydrogens is 498 g/mol. The van der Waals surface area contributed by atoms with Crippen molar-refractivity contribution < 1.29 is 14.3 Å². The molecule has 2 aliphatic rings. The Bertz CT molecular complexity index is 1530. The molecule has 4 aromatic rings. The highest BCUT2D eigenvalue weighted by Gasteiger charge is 2.53. The van der Waals surface area contributed by atoms with E-state index in [9.17, 15) is 9.59 Å². The number of nitrogens with one attached hydrogen (secondary N) is 1. The molecule has 1 atom stereocenters. The molecule has 2 heterocycles. The largest absolute Gasteiger partial charge is 0.497 e. The Morgan fingerprint density at radius 3 is 2.40 bits per heavy atom. The third kappa shape index (κ3) is 4.55. The topological polar surface area (TPSA) is 63.6 Å². The van der Waals surface area contributed by atoms with Gasteiger partial charge in [0.15, 0.2) is 5.54 Å². The van der Waals surface area contributed by atoms with E-state index in [4.69, 9.17) is 4.74 Å². The van der Waals surface area contributed by atoms with Crippen molar-refractivity contribution in [1.82, 2.24) is 14.8 Å². The summed E-state index contributed by atoms with van der Waals surface area (Å²) in [5.74, 6) is 0.462. The van der Waals surface area contributed by atoms with Gasteiger partial charge in [0.1, 0.15) is 11.4 Å². The van der Waals surface area contributed by atoms with Crippen LogP contribution in [-0.4, -0.2) is 34.4 Å². The van der Waals surface area contributed by atoms with Crippen LogP contribution < -0.4 is 10.1 Å². The summed E-state index contributed by atoms with van der Waals surface area (Å²) in [7, 11) is 1.64. The highest BCUT2D eigenvalue weighted by Crippen LogP contribution is 2.41. The van der Waals surface area contributed by atoms with E-state index in [2.05, 4.69) is 24.4 Å². The van der Waals surface area contributed by atoms with Gasteiger partial charge in [0.25, 0.3) is 11.8 Å². The molecule has 6 heteroatoms. The summed E-state index contributed by atoms with van der Waals surface area (Å²) in [6.45, 7) is 2.71. The van der Waals surface area contributed by atoms with Crippen molar-refractivity contribution in [2.24, 2.45) is 0 Å². The number of fused-ring (bicyclic) bond motifs is 3. The molecule has 3 aromatic carbocycles. The summed E-state index contributed by atoms with van der Waals surface area (Å²) in [6, 6.07) is 25.9. The molecule has 1 saturated carbocycles. The lowest BCUT2D eigenvalue weighted by atomic mass is 9.83. The first-order valence-electron chi connectivity index (χ1n) is 14.4. The maximum atomic E-state index is 14.8. The Hall–Kier alpha value is -4.06. The summed E-state index contributed by atoms with van der Waals surface area (Å²) in [5.41, 5.74) is 3.20. The number of ether oxygens (including phenoxy) is 1. The van der Waals surface area contributed by atoms with Crippen molar-refractivity contribution in [3.63, 3.8) is 0 Å². The third-order valence-corrected chi connectivity index (χ3v) is 8.83. The first-order valence-corrected chi connectivity index (χ1v) is 14.4. The molecular formula is C34H37N3O3. The number of carbonyl (C=O) groups excluding carboxylic acids is 2. The lowest BCUT2D eigenvalue weighted by molar-refractivity contribution is -0.136. The number of aryl methyl sites for hydroxylation is 1. The van der Waals surface area contributed by atoms with E-state index < -0.39 is 5.54 Å². The van der Waals surface area contributed by atoms with Gasteiger partial charge < -0.3 is 19.5 Å². The number of carbonyl (C=O) groups is 2. The van der Waals surface area contributed by atoms with E-state index in [-0.39, 0.29) is 17.9 Å². The molecule has 0 spiro atoms. The average molecular weight is 536 g/mol. The van der Waals surface area contributed by atoms with Crippen molar-refractivity contribution in [3.8, 4) is 5.75 Å². The quantitative estimate of drug-likeness (QED) is 0.293. The Labute approximate surface area is 235 Å². The second-order valence-electron chi connectivity index (χ2n) is 11.2. The SMILES string of the molecule is COc1ccc2cc3n(c2c1)C[C@](C(=O)NC1CCCCCC1)(c1ccccc1)N(Cc1ccccc1C)C3=O. The highest BCUT2D eigenvalue weighted by molar-refractivity contribution is 6.04. The molecule has 6 rings (SSSR count). The van der Waals surface area contributed by atoms with E-state index in [0.29, 0.717) is 18.8 Å². The molecule has 0 saturated heterocycles. The molecule has 1 aliphatic carbocycles. The minimum Gasteiger partial charge on any atom is -0.497 e. The van der Waals surface area contributed by atoms with Gasteiger partial charge in [-0.2, -0.15) is 0 Å². The lowest BCUT2D eigenvalue weighted by Gasteiger charge is -2.47. The average Bonchev–Trinajstić information content (AvgIpc) is 3.14. The van der Waals surface area contributed by atoms with Gasteiger partial charge in [-0.25, -0.2) is 0 Å². The van der Waals surface area contributed by atoms with Crippen LogP contribution in [0.3, 0.4) is 0 Å². The smallest absolute Gasteiger partial charge is 0.272 e. The molecule has 6 nitrogen and oxygen atoms in total. The van der Waals surface area contributed by atoms with Gasteiger partial charge in [-0.3, -0.25) is 9.59 Å². The highest BCUT2D eigenvalue weighted by atomic mass is 16.5. The van der Waals surface area contributed by atoms with Crippen LogP contribution in [0.1, 0.15) is 65.7 Å². The molecule has 1 N–H and O–H groups in total. The lowest BCUT2D eigenvalue weighted by Crippen LogP contribution is -2.64. The zero-order valence-electron chi connectivity index (χ0n) is 23.4. The Kier molecular flexibility index (Phi) is 7.09. The Morgan fingerprint density at radius 1 is 0.950 bits per heavy atom. The van der Waals surface area contributed by atoms with Crippen molar-refractivity contribution in [1.29, 1.82) is 0 Å². The second kappa shape index (κ2) is 10.8. The first-order chi connectivity index (χ1) is 19.5. The van der Waals surface area contributed by atoms with Gasteiger partial charge in [-0.1, -0.05) is 80.3 Å². The number of hydrogen-bond acceptors (Lipinski definition) is 3. The number of benzene rings is 3. The fourth-order valence-corrected chi connectivity index (χ4v) is 6.51. The summed E-state index contributed by atoms with van der Waals surface area (Å²) < 4.78 is 7.55. The van der Waals surface area contributed by atoms with Crippen LogP contribution in [0.2, 0.25) is 0 Å². The van der Waals surface area contributed by atoms with Crippen LogP contribution in [-0.2, 0) is 23.4 Å². The summed E-state index contributed by atoms with van der Waals surface area (Å²) in [6.07, 6.45) is 6.57. The van der Waals surface area contributed by atoms with E-state index in [1.807, 2.05) is 76.2 Å². The zero-order valence-corrected chi connectivity index (χ0v) is 23.4. The molecule has 40 heavy (non-hydrogen) atoms. The summed E-state index contributed by atoms with van der Waals surface area (Å²) in [5, 5.41) is 4.39. The third-order valence-electron chi connectivity index (χ3n) is 8.83. The normalized spacial score (nSPS) is 19.8. The molecule has 2 amide bonds. The van der Waals surface area contributed by atoms with Gasteiger partial charge >= 0.3 is 0 Å². The van der Waals surface area contributed by atoms with E-state index in [1.165, 1.54) is 12.8 Å². The fourth-order valence-electron chi connectivity index (χ4n) is 6.51. The first kappa shape index (κ1) is 26.2. The second-order valence-corrected chi connectivity index (χ2v) is 11.2. The predicted octanol–water partition coefficient (Wildman–Crippen LogP) is 6.35. The molecule has 1 aliphatic heterocycles. The number of amides is 2. The molecule has 1 fully saturated rings. The van der Waals surface area contributed by atoms with E-state index in [0.717, 1.165) is 59.0 Å². The van der Waals surface area contributed by atoms with E-state index >= 15 is 0 Å². The number of aromatic nitrogens is 1. The van der Waals surface area contributed by atoms with Gasteiger partial charge in [0.2, 0.25) is 0 Å². The van der Waals surface area contributed by atoms with Crippen LogP contribution in [0.5, 0.6) is 5.75 Å². The molecule has 206 valence electrons. The molecule has 0 bridgehead atoms. The zero-order chi connectivity index (χ0) is 27.7. The monoisotopic (exact) mass is 535 g/mol. The molecule has 1 aromatic heterocycles. The molecule has 0 unspecified atom stereocenters. The van der Waals surface area contributed by atoms with Gasteiger partial charge in [-0.05, 0) is 54.7 Å². The van der Waals surface area contributed by atoms with Gasteiger partial charge in [0.05, 0.1) is 19.2 Å². The number of hydrogen-bond donors (Lipinski definition) is 1. The Morgan fingerprint density at radius 2 is 1.68 bits per heavy atom. The van der Waals surface area contributed by atoms with E-state index in [1.54, 1.807) is 7.11 Å². The fraction of sp³-hybridized carbons (Fsp3) is 0.353. The number of nitrogens with zero attached hydrogens (tertiary/aromatic N) is 2. The molecule has 0 radical (unpaired) electrons. The van der Waals surface area contributed by atoms with Gasteiger partial charge in [0, 0.05) is 24.0 Å². The minimum absolute atomic E-state index is 0.105. The van der Waals surface area contributed by atoms with Gasteiger partial charge in [-0.15, -0.1) is 0 Å². The van der Waals surface area contributed by atoms with Crippen molar-refractivity contribution in [2.45, 2.75) is 70.1 Å². The van der Waals surface area contributed by atoms with Crippen molar-refractivity contribution in [2.75, 3.05) is 7.11 Å². The van der Waals surface area contributed by atoms with Crippen molar-refractivity contribution >= 4 is 22.7 Å². The minimum atomic E-state index is -1.23. The maximum absolute atomic E-state index is 14.8. The van der Waals surface area contributed by atoms with Crippen LogP contribution in [0.25, 0.3) is 10.9 Å². The Balaban J connectivity index is 1.55. The standard InChI is InChI=1S/C34H37N3O3/c1-24-12-10-11-13-26(24)22-37-32(38)31-20-25-18-19-29(40-2)21-30(25)36(31)23-34(37,27-14-6-5-7-15-27)33(39)35-28-16-8-3-4-9-17-28/h5-7,10-15,18-21,28H,3-4,8-9,16-17,22-23H2,1-2H3,(H,35,39)/t34-/m1/s1. The van der Waals surface area contributed by atoms with Crippen LogP contribution in [0.4, 0.5) is 0 Å². The predicted molar refractivity (Wildman–Crippen MR) is 157 cm³/mol. The van der Waals surface area contributed by atoms with Crippen molar-refractivity contribution in [3.05, 3.63) is 101 Å². The van der Waals surface area contributed by atoms with Crippen LogP contribution in [0.15, 0.2) is 78.9 Å². The maximum Gasteiger partial charge on any atom is 0.272 e.